The van der Waals surface area contributed by atoms with Crippen LogP contribution in [0.5, 0.6) is 0 Å². The van der Waals surface area contributed by atoms with Gasteiger partial charge in [0.15, 0.2) is 0 Å². The Hall–Kier alpha value is -1.78. The first-order chi connectivity index (χ1) is 7.47. The molecule has 0 unspecified atom stereocenters. The first-order valence-electron chi connectivity index (χ1n) is 4.58. The molecule has 0 N–H and O–H groups in total. The number of hydrogen-bond acceptors (Lipinski definition) is 2. The molecule has 0 saturated heterocycles. The third-order valence-electron chi connectivity index (χ3n) is 2.14. The number of rotatable bonds is 1. The van der Waals surface area contributed by atoms with Crippen LogP contribution in [0.1, 0.15) is 11.3 Å². The molecule has 2 aromatic rings. The number of nitrogens with zero attached hydrogens (tertiary/aromatic N) is 1. The zero-order chi connectivity index (χ0) is 11.8. The molecule has 0 aliphatic heterocycles. The summed E-state index contributed by atoms with van der Waals surface area (Å²) in [5, 5.41) is 3.39. The second kappa shape index (κ2) is 3.66. The van der Waals surface area contributed by atoms with Gasteiger partial charge in [0, 0.05) is 11.6 Å². The highest BCUT2D eigenvalue weighted by Gasteiger charge is 2.36. The van der Waals surface area contributed by atoms with Gasteiger partial charge in [0.1, 0.15) is 5.69 Å². The minimum Gasteiger partial charge on any atom is -0.351 e. The minimum absolute atomic E-state index is 0.187. The number of aromatic nitrogens is 1. The number of halogens is 3. The Morgan fingerprint density at radius 3 is 2.25 bits per heavy atom. The van der Waals surface area contributed by atoms with Crippen LogP contribution < -0.4 is 0 Å². The highest BCUT2D eigenvalue weighted by Crippen LogP contribution is 2.32. The molecule has 1 aromatic carbocycles. The Morgan fingerprint density at radius 1 is 1.12 bits per heavy atom. The average Bonchev–Trinajstić information content (AvgIpc) is 2.67. The Bertz CT molecular complexity index is 485. The van der Waals surface area contributed by atoms with E-state index in [0.29, 0.717) is 5.56 Å². The van der Waals surface area contributed by atoms with Crippen LogP contribution in [0.4, 0.5) is 13.2 Å². The van der Waals surface area contributed by atoms with Crippen molar-refractivity contribution in [1.82, 2.24) is 5.16 Å². The van der Waals surface area contributed by atoms with Gasteiger partial charge < -0.3 is 4.52 Å². The number of benzene rings is 1. The molecule has 2 rings (SSSR count). The van der Waals surface area contributed by atoms with Gasteiger partial charge in [0.25, 0.3) is 0 Å². The standard InChI is InChI=1S/C11H8F3NO/c1-7-2-4-8(5-3-7)9-6-10(16-15-9)11(12,13)14/h2-6H,1H3. The van der Waals surface area contributed by atoms with Crippen LogP contribution in [0, 0.1) is 6.92 Å². The van der Waals surface area contributed by atoms with Gasteiger partial charge in [0.05, 0.1) is 0 Å². The molecule has 0 bridgehead atoms. The summed E-state index contributed by atoms with van der Waals surface area (Å²) in [6.07, 6.45) is -4.49. The Balaban J connectivity index is 2.35. The van der Waals surface area contributed by atoms with Gasteiger partial charge >= 0.3 is 6.18 Å². The molecule has 0 spiro atoms. The van der Waals surface area contributed by atoms with Crippen molar-refractivity contribution in [2.75, 3.05) is 0 Å². The molecule has 5 heteroatoms. The lowest BCUT2D eigenvalue weighted by atomic mass is 10.1. The van der Waals surface area contributed by atoms with E-state index in [1.54, 1.807) is 24.3 Å². The predicted molar refractivity (Wildman–Crippen MR) is 51.7 cm³/mol. The quantitative estimate of drug-likeness (QED) is 0.742. The smallest absolute Gasteiger partial charge is 0.351 e. The molecule has 16 heavy (non-hydrogen) atoms. The van der Waals surface area contributed by atoms with E-state index in [4.69, 9.17) is 0 Å². The fraction of sp³-hybridized carbons (Fsp3) is 0.182. The highest BCUT2D eigenvalue weighted by atomic mass is 19.4. The van der Waals surface area contributed by atoms with Gasteiger partial charge in [-0.2, -0.15) is 13.2 Å². The van der Waals surface area contributed by atoms with Crippen LogP contribution in [-0.2, 0) is 6.18 Å². The van der Waals surface area contributed by atoms with E-state index in [0.717, 1.165) is 11.6 Å². The molecule has 84 valence electrons. The molecule has 0 amide bonds. The van der Waals surface area contributed by atoms with Gasteiger partial charge in [-0.15, -0.1) is 0 Å². The third-order valence-corrected chi connectivity index (χ3v) is 2.14. The maximum Gasteiger partial charge on any atom is 0.452 e. The Morgan fingerprint density at radius 2 is 1.75 bits per heavy atom. The molecule has 2 nitrogen and oxygen atoms in total. The van der Waals surface area contributed by atoms with Crippen LogP contribution in [-0.4, -0.2) is 5.16 Å². The van der Waals surface area contributed by atoms with Gasteiger partial charge in [-0.25, -0.2) is 0 Å². The SMILES string of the molecule is Cc1ccc(-c2cc(C(F)(F)F)on2)cc1. The van der Waals surface area contributed by atoms with Crippen LogP contribution in [0.2, 0.25) is 0 Å². The van der Waals surface area contributed by atoms with Crippen molar-refractivity contribution in [3.05, 3.63) is 41.7 Å². The van der Waals surface area contributed by atoms with Gasteiger partial charge in [-0.1, -0.05) is 35.0 Å². The largest absolute Gasteiger partial charge is 0.452 e. The lowest BCUT2D eigenvalue weighted by Crippen LogP contribution is -2.02. The van der Waals surface area contributed by atoms with Crippen LogP contribution >= 0.6 is 0 Å². The maximum absolute atomic E-state index is 12.2. The molecule has 1 heterocycles. The second-order valence-electron chi connectivity index (χ2n) is 3.44. The summed E-state index contributed by atoms with van der Waals surface area (Å²) in [6.45, 7) is 1.90. The summed E-state index contributed by atoms with van der Waals surface area (Å²) in [5.74, 6) is -1.08. The molecular weight excluding hydrogens is 219 g/mol. The molecule has 1 aromatic heterocycles. The Kier molecular flexibility index (Phi) is 2.46. The zero-order valence-corrected chi connectivity index (χ0v) is 8.38. The summed E-state index contributed by atoms with van der Waals surface area (Å²) in [7, 11) is 0. The molecule has 0 fully saturated rings. The summed E-state index contributed by atoms with van der Waals surface area (Å²) in [6, 6.07) is 7.90. The second-order valence-corrected chi connectivity index (χ2v) is 3.44. The summed E-state index contributed by atoms with van der Waals surface area (Å²) < 4.78 is 41.0. The first-order valence-corrected chi connectivity index (χ1v) is 4.58. The maximum atomic E-state index is 12.2. The van der Waals surface area contributed by atoms with E-state index in [-0.39, 0.29) is 5.69 Å². The van der Waals surface area contributed by atoms with Crippen LogP contribution in [0.15, 0.2) is 34.9 Å². The number of hydrogen-bond donors (Lipinski definition) is 0. The fourth-order valence-electron chi connectivity index (χ4n) is 1.27. The lowest BCUT2D eigenvalue weighted by Gasteiger charge is -1.97. The highest BCUT2D eigenvalue weighted by molar-refractivity contribution is 5.59. The monoisotopic (exact) mass is 227 g/mol. The van der Waals surface area contributed by atoms with Crippen molar-refractivity contribution in [1.29, 1.82) is 0 Å². The van der Waals surface area contributed by atoms with E-state index in [1.807, 2.05) is 6.92 Å². The molecule has 0 saturated carbocycles. The molecule has 0 radical (unpaired) electrons. The van der Waals surface area contributed by atoms with E-state index in [2.05, 4.69) is 9.68 Å². The normalized spacial score (nSPS) is 11.8. The van der Waals surface area contributed by atoms with Gasteiger partial charge in [-0.3, -0.25) is 0 Å². The lowest BCUT2D eigenvalue weighted by molar-refractivity contribution is -0.155. The van der Waals surface area contributed by atoms with E-state index in [9.17, 15) is 13.2 Å². The number of alkyl halides is 3. The zero-order valence-electron chi connectivity index (χ0n) is 8.38. The fourth-order valence-corrected chi connectivity index (χ4v) is 1.27. The summed E-state index contributed by atoms with van der Waals surface area (Å²) in [4.78, 5) is 0. The molecule has 0 aliphatic rings. The van der Waals surface area contributed by atoms with Gasteiger partial charge in [0.2, 0.25) is 5.76 Å². The van der Waals surface area contributed by atoms with E-state index >= 15 is 0 Å². The summed E-state index contributed by atoms with van der Waals surface area (Å²) in [5.41, 5.74) is 1.82. The van der Waals surface area contributed by atoms with E-state index < -0.39 is 11.9 Å². The summed E-state index contributed by atoms with van der Waals surface area (Å²) >= 11 is 0. The number of aryl methyl sites for hydroxylation is 1. The van der Waals surface area contributed by atoms with Gasteiger partial charge in [-0.05, 0) is 6.92 Å². The third kappa shape index (κ3) is 2.08. The first kappa shape index (κ1) is 10.7. The van der Waals surface area contributed by atoms with Crippen molar-refractivity contribution < 1.29 is 17.7 Å². The van der Waals surface area contributed by atoms with Crippen molar-refractivity contribution in [2.45, 2.75) is 13.1 Å². The van der Waals surface area contributed by atoms with Crippen molar-refractivity contribution in [3.63, 3.8) is 0 Å². The van der Waals surface area contributed by atoms with Crippen LogP contribution in [0.3, 0.4) is 0 Å². The van der Waals surface area contributed by atoms with Crippen molar-refractivity contribution in [3.8, 4) is 11.3 Å². The molecule has 0 aliphatic carbocycles. The van der Waals surface area contributed by atoms with Crippen molar-refractivity contribution >= 4 is 0 Å². The van der Waals surface area contributed by atoms with E-state index in [1.165, 1.54) is 0 Å². The topological polar surface area (TPSA) is 26.0 Å². The van der Waals surface area contributed by atoms with Crippen LogP contribution in [0.25, 0.3) is 11.3 Å². The average molecular weight is 227 g/mol. The Labute approximate surface area is 89.7 Å². The minimum atomic E-state index is -4.49. The predicted octanol–water partition coefficient (Wildman–Crippen LogP) is 3.67. The van der Waals surface area contributed by atoms with Crippen molar-refractivity contribution in [2.24, 2.45) is 0 Å². The molecular formula is C11H8F3NO. The molecule has 0 atom stereocenters.